The lowest BCUT2D eigenvalue weighted by Gasteiger charge is -2.12. The molecule has 33 heavy (non-hydrogen) atoms. The van der Waals surface area contributed by atoms with E-state index in [-0.39, 0.29) is 11.7 Å². The molecular weight excluding hydrogens is 425 g/mol. The molecule has 7 N–H and O–H groups in total. The van der Waals surface area contributed by atoms with Gasteiger partial charge in [0.25, 0.3) is 0 Å². The summed E-state index contributed by atoms with van der Waals surface area (Å²) in [5, 5.41) is 6.84. The van der Waals surface area contributed by atoms with Crippen LogP contribution in [0.15, 0.2) is 67.1 Å². The Kier molecular flexibility index (Phi) is 5.03. The van der Waals surface area contributed by atoms with E-state index in [0.29, 0.717) is 40.2 Å². The fraction of sp³-hybridized carbons (Fsp3) is 0. The summed E-state index contributed by atoms with van der Waals surface area (Å²) in [6, 6.07) is 13.0. The summed E-state index contributed by atoms with van der Waals surface area (Å²) in [7, 11) is 0. The van der Waals surface area contributed by atoms with Crippen LogP contribution >= 0.6 is 0 Å². The molecule has 0 unspecified atom stereocenters. The van der Waals surface area contributed by atoms with Gasteiger partial charge in [0.05, 0.1) is 17.3 Å². The van der Waals surface area contributed by atoms with Crippen LogP contribution in [0.3, 0.4) is 0 Å². The maximum absolute atomic E-state index is 14.8. The van der Waals surface area contributed by atoms with Gasteiger partial charge in [-0.15, -0.1) is 0 Å². The lowest BCUT2D eigenvalue weighted by Crippen LogP contribution is -2.04. The first-order valence-electron chi connectivity index (χ1n) is 9.83. The van der Waals surface area contributed by atoms with Crippen molar-refractivity contribution >= 4 is 45.8 Å². The topological polar surface area (TPSA) is 153 Å². The van der Waals surface area contributed by atoms with Gasteiger partial charge < -0.3 is 31.8 Å². The highest BCUT2D eigenvalue weighted by atomic mass is 19.1. The van der Waals surface area contributed by atoms with Crippen LogP contribution in [0.4, 0.5) is 39.2 Å². The van der Waals surface area contributed by atoms with Crippen molar-refractivity contribution in [3.05, 3.63) is 72.9 Å². The predicted octanol–water partition coefficient (Wildman–Crippen LogP) is 4.33. The van der Waals surface area contributed by atoms with Gasteiger partial charge in [-0.05, 0) is 36.4 Å². The Hall–Kier alpha value is -4.93. The molecule has 11 heteroatoms. The normalized spacial score (nSPS) is 10.8. The highest BCUT2D eigenvalue weighted by Gasteiger charge is 2.11. The Balaban J connectivity index is 1.34. The second-order valence-electron chi connectivity index (χ2n) is 7.01. The summed E-state index contributed by atoms with van der Waals surface area (Å²) < 4.78 is 20.5. The molecule has 0 saturated carbocycles. The number of aromatic amines is 1. The average molecular weight is 443 g/mol. The number of pyridine rings is 2. The zero-order valence-electron chi connectivity index (χ0n) is 17.1. The van der Waals surface area contributed by atoms with Crippen LogP contribution < -0.4 is 26.8 Å². The van der Waals surface area contributed by atoms with E-state index in [4.69, 9.17) is 16.2 Å². The summed E-state index contributed by atoms with van der Waals surface area (Å²) >= 11 is 0. The smallest absolute Gasteiger partial charge is 0.223 e. The summed E-state index contributed by atoms with van der Waals surface area (Å²) in [5.41, 5.74) is 13.2. The molecule has 5 aromatic rings. The minimum atomic E-state index is -0.547. The van der Waals surface area contributed by atoms with Gasteiger partial charge in [0, 0.05) is 30.2 Å². The molecule has 5 rings (SSSR count). The van der Waals surface area contributed by atoms with Gasteiger partial charge in [-0.25, -0.2) is 14.4 Å². The number of hydrogen-bond donors (Lipinski definition) is 5. The number of nitrogen functional groups attached to an aromatic ring is 2. The highest BCUT2D eigenvalue weighted by molar-refractivity contribution is 5.82. The van der Waals surface area contributed by atoms with Gasteiger partial charge in [0.1, 0.15) is 28.9 Å². The van der Waals surface area contributed by atoms with Crippen LogP contribution in [-0.2, 0) is 0 Å². The van der Waals surface area contributed by atoms with Crippen molar-refractivity contribution in [2.45, 2.75) is 0 Å². The number of aromatic nitrogens is 5. The molecule has 0 fully saturated rings. The molecule has 0 aliphatic carbocycles. The summed E-state index contributed by atoms with van der Waals surface area (Å²) in [4.78, 5) is 19.5. The molecule has 0 spiro atoms. The molecule has 4 aromatic heterocycles. The van der Waals surface area contributed by atoms with Crippen molar-refractivity contribution in [2.75, 3.05) is 22.1 Å². The first-order valence-corrected chi connectivity index (χ1v) is 9.83. The van der Waals surface area contributed by atoms with Crippen molar-refractivity contribution in [3.8, 4) is 11.5 Å². The van der Waals surface area contributed by atoms with Crippen LogP contribution in [0.5, 0.6) is 11.5 Å². The van der Waals surface area contributed by atoms with Crippen molar-refractivity contribution in [3.63, 3.8) is 0 Å². The monoisotopic (exact) mass is 443 g/mol. The van der Waals surface area contributed by atoms with E-state index in [0.717, 1.165) is 5.39 Å². The minimum Gasteiger partial charge on any atom is -0.453 e. The minimum absolute atomic E-state index is 0.0412. The van der Waals surface area contributed by atoms with E-state index in [1.807, 2.05) is 6.07 Å². The standard InChI is InChI=1S/C22H18FN9O/c23-15-9-12(1-3-17(15)33-16-6-8-27-21-14(16)5-7-26-21)29-19-10-20(32-22(25)31-19)30-13-2-4-18(24)28-11-13/h1-11H,(H2,24,28)(H,26,27)(H4,25,29,30,31,32). The molecule has 0 saturated heterocycles. The third kappa shape index (κ3) is 4.42. The number of hydrogen-bond acceptors (Lipinski definition) is 9. The van der Waals surface area contributed by atoms with E-state index in [1.54, 1.807) is 48.9 Å². The molecule has 10 nitrogen and oxygen atoms in total. The fourth-order valence-electron chi connectivity index (χ4n) is 3.17. The van der Waals surface area contributed by atoms with Gasteiger partial charge in [0.2, 0.25) is 5.95 Å². The first kappa shape index (κ1) is 20.0. The van der Waals surface area contributed by atoms with Crippen molar-refractivity contribution in [1.29, 1.82) is 0 Å². The molecule has 0 radical (unpaired) electrons. The molecule has 164 valence electrons. The number of nitrogens with two attached hydrogens (primary N) is 2. The van der Waals surface area contributed by atoms with Crippen molar-refractivity contribution in [1.82, 2.24) is 24.9 Å². The quantitative estimate of drug-likeness (QED) is 0.258. The number of anilines is 6. The number of halogens is 1. The lowest BCUT2D eigenvalue weighted by atomic mass is 10.2. The second-order valence-corrected chi connectivity index (χ2v) is 7.01. The van der Waals surface area contributed by atoms with Crippen LogP contribution in [0.25, 0.3) is 11.0 Å². The fourth-order valence-corrected chi connectivity index (χ4v) is 3.17. The number of benzene rings is 1. The summed E-state index contributed by atoms with van der Waals surface area (Å²) in [6.45, 7) is 0. The van der Waals surface area contributed by atoms with Crippen LogP contribution in [0, 0.1) is 5.82 Å². The third-order valence-electron chi connectivity index (χ3n) is 4.65. The van der Waals surface area contributed by atoms with E-state index in [1.165, 1.54) is 12.1 Å². The van der Waals surface area contributed by atoms with E-state index in [2.05, 4.69) is 35.6 Å². The number of fused-ring (bicyclic) bond motifs is 1. The zero-order chi connectivity index (χ0) is 22.8. The molecule has 0 aliphatic rings. The first-order chi connectivity index (χ1) is 16.0. The van der Waals surface area contributed by atoms with Crippen LogP contribution in [0.2, 0.25) is 0 Å². The van der Waals surface area contributed by atoms with Gasteiger partial charge in [0.15, 0.2) is 11.6 Å². The Morgan fingerprint density at radius 3 is 2.39 bits per heavy atom. The summed E-state index contributed by atoms with van der Waals surface area (Å²) in [6.07, 6.45) is 4.90. The number of ether oxygens (including phenoxy) is 1. The Labute approximate surface area is 186 Å². The summed E-state index contributed by atoms with van der Waals surface area (Å²) in [5.74, 6) is 1.29. The second kappa shape index (κ2) is 8.30. The Morgan fingerprint density at radius 1 is 0.848 bits per heavy atom. The highest BCUT2D eigenvalue weighted by Crippen LogP contribution is 2.31. The predicted molar refractivity (Wildman–Crippen MR) is 124 cm³/mol. The Morgan fingerprint density at radius 2 is 1.64 bits per heavy atom. The van der Waals surface area contributed by atoms with Gasteiger partial charge in [-0.2, -0.15) is 9.97 Å². The molecule has 0 aliphatic heterocycles. The van der Waals surface area contributed by atoms with Crippen molar-refractivity contribution < 1.29 is 9.13 Å². The number of nitrogens with zero attached hydrogens (tertiary/aromatic N) is 4. The average Bonchev–Trinajstić information content (AvgIpc) is 3.27. The number of rotatable bonds is 6. The Bertz CT molecular complexity index is 1440. The SMILES string of the molecule is Nc1ccc(Nc2cc(Nc3ccc(Oc4ccnc5[nH]ccc45)c(F)c3)nc(N)n2)cn1. The van der Waals surface area contributed by atoms with Crippen LogP contribution in [0.1, 0.15) is 0 Å². The van der Waals surface area contributed by atoms with Gasteiger partial charge >= 0.3 is 0 Å². The zero-order valence-corrected chi connectivity index (χ0v) is 17.1. The van der Waals surface area contributed by atoms with Gasteiger partial charge in [-0.1, -0.05) is 0 Å². The molecule has 0 amide bonds. The van der Waals surface area contributed by atoms with Gasteiger partial charge in [-0.3, -0.25) is 0 Å². The van der Waals surface area contributed by atoms with Crippen molar-refractivity contribution in [2.24, 2.45) is 0 Å². The molecule has 0 atom stereocenters. The molecular formula is C22H18FN9O. The van der Waals surface area contributed by atoms with Crippen LogP contribution in [-0.4, -0.2) is 24.9 Å². The maximum atomic E-state index is 14.8. The maximum Gasteiger partial charge on any atom is 0.223 e. The molecule has 1 aromatic carbocycles. The van der Waals surface area contributed by atoms with E-state index >= 15 is 0 Å². The van der Waals surface area contributed by atoms with E-state index < -0.39 is 5.82 Å². The molecule has 0 bridgehead atoms. The van der Waals surface area contributed by atoms with E-state index in [9.17, 15) is 4.39 Å². The number of H-pyrrole nitrogens is 1. The molecule has 4 heterocycles. The largest absolute Gasteiger partial charge is 0.453 e. The lowest BCUT2D eigenvalue weighted by molar-refractivity contribution is 0.446. The third-order valence-corrected chi connectivity index (χ3v) is 4.65. The number of nitrogens with one attached hydrogen (secondary N) is 3.